The maximum absolute atomic E-state index is 12.3. The molecule has 0 aliphatic carbocycles. The fourth-order valence-corrected chi connectivity index (χ4v) is 2.54. The predicted molar refractivity (Wildman–Crippen MR) is 83.7 cm³/mol. The average molecular weight is 301 g/mol. The van der Waals surface area contributed by atoms with Gasteiger partial charge in [-0.1, -0.05) is 24.6 Å². The number of nitrogens with one attached hydrogen (secondary N) is 1. The number of amides is 1. The SMILES string of the molecule is CCc1oc(C(=O)Nc2c(C)cc(C)cc2C)cc1C(=O)O. The number of carbonyl (C=O) groups is 2. The molecule has 0 saturated carbocycles. The summed E-state index contributed by atoms with van der Waals surface area (Å²) in [6, 6.07) is 5.23. The van der Waals surface area contributed by atoms with Gasteiger partial charge < -0.3 is 14.8 Å². The molecular weight excluding hydrogens is 282 g/mol. The monoisotopic (exact) mass is 301 g/mol. The summed E-state index contributed by atoms with van der Waals surface area (Å²) in [6.07, 6.45) is 0.414. The summed E-state index contributed by atoms with van der Waals surface area (Å²) in [6.45, 7) is 7.60. The molecule has 0 radical (unpaired) electrons. The highest BCUT2D eigenvalue weighted by molar-refractivity contribution is 6.04. The van der Waals surface area contributed by atoms with E-state index in [2.05, 4.69) is 5.32 Å². The van der Waals surface area contributed by atoms with Crippen molar-refractivity contribution in [2.24, 2.45) is 0 Å². The molecule has 0 aliphatic heterocycles. The normalized spacial score (nSPS) is 10.5. The van der Waals surface area contributed by atoms with Gasteiger partial charge >= 0.3 is 5.97 Å². The third kappa shape index (κ3) is 3.03. The van der Waals surface area contributed by atoms with Crippen LogP contribution < -0.4 is 5.32 Å². The van der Waals surface area contributed by atoms with E-state index in [0.29, 0.717) is 12.2 Å². The van der Waals surface area contributed by atoms with E-state index in [1.54, 1.807) is 6.92 Å². The van der Waals surface area contributed by atoms with Crippen LogP contribution in [-0.4, -0.2) is 17.0 Å². The Hall–Kier alpha value is -2.56. The minimum absolute atomic E-state index is 0.00799. The van der Waals surface area contributed by atoms with Crippen molar-refractivity contribution in [2.75, 3.05) is 5.32 Å². The van der Waals surface area contributed by atoms with Gasteiger partial charge in [0.2, 0.25) is 0 Å². The summed E-state index contributed by atoms with van der Waals surface area (Å²) in [7, 11) is 0. The lowest BCUT2D eigenvalue weighted by Gasteiger charge is -2.11. The van der Waals surface area contributed by atoms with Crippen molar-refractivity contribution >= 4 is 17.6 Å². The topological polar surface area (TPSA) is 79.5 Å². The number of rotatable bonds is 4. The Bertz CT molecular complexity index is 720. The van der Waals surface area contributed by atoms with Gasteiger partial charge in [0, 0.05) is 18.2 Å². The molecular formula is C17H19NO4. The molecule has 2 rings (SSSR count). The highest BCUT2D eigenvalue weighted by Gasteiger charge is 2.20. The van der Waals surface area contributed by atoms with E-state index in [1.165, 1.54) is 6.07 Å². The van der Waals surface area contributed by atoms with E-state index < -0.39 is 11.9 Å². The maximum atomic E-state index is 12.3. The first-order valence-corrected chi connectivity index (χ1v) is 7.08. The van der Waals surface area contributed by atoms with Gasteiger partial charge in [-0.05, 0) is 31.9 Å². The Morgan fingerprint density at radius 3 is 2.18 bits per heavy atom. The summed E-state index contributed by atoms with van der Waals surface area (Å²) in [5.74, 6) is -1.23. The van der Waals surface area contributed by atoms with Crippen molar-refractivity contribution in [2.45, 2.75) is 34.1 Å². The highest BCUT2D eigenvalue weighted by Crippen LogP contribution is 2.24. The first-order valence-electron chi connectivity index (χ1n) is 7.08. The Balaban J connectivity index is 2.32. The maximum Gasteiger partial charge on any atom is 0.339 e. The molecule has 22 heavy (non-hydrogen) atoms. The van der Waals surface area contributed by atoms with Gasteiger partial charge in [-0.2, -0.15) is 0 Å². The summed E-state index contributed by atoms with van der Waals surface area (Å²) >= 11 is 0. The van der Waals surface area contributed by atoms with Gasteiger partial charge in [-0.15, -0.1) is 0 Å². The summed E-state index contributed by atoms with van der Waals surface area (Å²) in [5, 5.41) is 11.9. The van der Waals surface area contributed by atoms with Crippen LogP contribution in [0.15, 0.2) is 22.6 Å². The van der Waals surface area contributed by atoms with Crippen molar-refractivity contribution in [1.82, 2.24) is 0 Å². The predicted octanol–water partition coefficient (Wildman–Crippen LogP) is 3.72. The lowest BCUT2D eigenvalue weighted by Crippen LogP contribution is -2.13. The summed E-state index contributed by atoms with van der Waals surface area (Å²) in [4.78, 5) is 23.4. The molecule has 2 N–H and O–H groups in total. The zero-order chi connectivity index (χ0) is 16.4. The van der Waals surface area contributed by atoms with Gasteiger partial charge in [0.15, 0.2) is 5.76 Å². The second-order valence-electron chi connectivity index (χ2n) is 5.33. The van der Waals surface area contributed by atoms with Gasteiger partial charge in [-0.25, -0.2) is 4.79 Å². The molecule has 0 atom stereocenters. The van der Waals surface area contributed by atoms with Crippen LogP contribution in [0.4, 0.5) is 5.69 Å². The lowest BCUT2D eigenvalue weighted by atomic mass is 10.1. The van der Waals surface area contributed by atoms with E-state index in [1.807, 2.05) is 32.9 Å². The highest BCUT2D eigenvalue weighted by atomic mass is 16.4. The zero-order valence-electron chi connectivity index (χ0n) is 13.1. The van der Waals surface area contributed by atoms with Crippen LogP contribution in [-0.2, 0) is 6.42 Å². The van der Waals surface area contributed by atoms with Crippen molar-refractivity contribution in [3.05, 3.63) is 52.0 Å². The van der Waals surface area contributed by atoms with Crippen molar-refractivity contribution < 1.29 is 19.1 Å². The molecule has 0 spiro atoms. The van der Waals surface area contributed by atoms with Crippen molar-refractivity contribution in [3.8, 4) is 0 Å². The van der Waals surface area contributed by atoms with Gasteiger partial charge in [-0.3, -0.25) is 4.79 Å². The molecule has 1 aromatic carbocycles. The first kappa shape index (κ1) is 15.8. The Labute approximate surface area is 129 Å². The summed E-state index contributed by atoms with van der Waals surface area (Å²) in [5.41, 5.74) is 3.78. The standard InChI is InChI=1S/C17H19NO4/c1-5-13-12(17(20)21)8-14(22-13)16(19)18-15-10(3)6-9(2)7-11(15)4/h6-8H,5H2,1-4H3,(H,18,19)(H,20,21). The number of aromatic carboxylic acids is 1. The number of carbonyl (C=O) groups excluding carboxylic acids is 1. The van der Waals surface area contributed by atoms with E-state index in [4.69, 9.17) is 9.52 Å². The Morgan fingerprint density at radius 1 is 1.14 bits per heavy atom. The van der Waals surface area contributed by atoms with E-state index >= 15 is 0 Å². The van der Waals surface area contributed by atoms with Gasteiger partial charge in [0.1, 0.15) is 11.3 Å². The molecule has 1 amide bonds. The first-order chi connectivity index (χ1) is 10.3. The van der Waals surface area contributed by atoms with Crippen molar-refractivity contribution in [1.29, 1.82) is 0 Å². The quantitative estimate of drug-likeness (QED) is 0.902. The van der Waals surface area contributed by atoms with Gasteiger partial charge in [0.05, 0.1) is 0 Å². The smallest absolute Gasteiger partial charge is 0.339 e. The molecule has 0 saturated heterocycles. The van der Waals surface area contributed by atoms with Gasteiger partial charge in [0.25, 0.3) is 5.91 Å². The van der Waals surface area contributed by atoms with Crippen LogP contribution in [0.2, 0.25) is 0 Å². The van der Waals surface area contributed by atoms with E-state index in [0.717, 1.165) is 22.4 Å². The molecule has 0 unspecified atom stereocenters. The Morgan fingerprint density at radius 2 is 1.73 bits per heavy atom. The molecule has 2 aromatic rings. The second kappa shape index (κ2) is 6.05. The van der Waals surface area contributed by atoms with Crippen LogP contribution in [0, 0.1) is 20.8 Å². The van der Waals surface area contributed by atoms with Crippen LogP contribution in [0.5, 0.6) is 0 Å². The average Bonchev–Trinajstić information content (AvgIpc) is 2.87. The number of hydrogen-bond donors (Lipinski definition) is 2. The van der Waals surface area contributed by atoms with Crippen LogP contribution in [0.1, 0.15) is 50.3 Å². The largest absolute Gasteiger partial charge is 0.478 e. The number of anilines is 1. The van der Waals surface area contributed by atoms with Crippen LogP contribution in [0.3, 0.4) is 0 Å². The fourth-order valence-electron chi connectivity index (χ4n) is 2.54. The van der Waals surface area contributed by atoms with Crippen LogP contribution in [0.25, 0.3) is 0 Å². The van der Waals surface area contributed by atoms with E-state index in [-0.39, 0.29) is 11.3 Å². The van der Waals surface area contributed by atoms with E-state index in [9.17, 15) is 9.59 Å². The lowest BCUT2D eigenvalue weighted by molar-refractivity contribution is 0.0694. The van der Waals surface area contributed by atoms with Crippen LogP contribution >= 0.6 is 0 Å². The molecule has 0 bridgehead atoms. The Kier molecular flexibility index (Phi) is 4.35. The molecule has 5 heteroatoms. The molecule has 1 heterocycles. The number of carboxylic acids is 1. The molecule has 1 aromatic heterocycles. The second-order valence-corrected chi connectivity index (χ2v) is 5.33. The summed E-state index contributed by atoms with van der Waals surface area (Å²) < 4.78 is 5.37. The fraction of sp³-hybridized carbons (Fsp3) is 0.294. The molecule has 116 valence electrons. The minimum atomic E-state index is -1.10. The number of furan rings is 1. The number of aryl methyl sites for hydroxylation is 4. The number of benzene rings is 1. The third-order valence-electron chi connectivity index (χ3n) is 3.50. The number of hydrogen-bond acceptors (Lipinski definition) is 3. The third-order valence-corrected chi connectivity index (χ3v) is 3.50. The minimum Gasteiger partial charge on any atom is -0.478 e. The molecule has 0 fully saturated rings. The zero-order valence-corrected chi connectivity index (χ0v) is 13.1. The molecule has 0 aliphatic rings. The molecule has 5 nitrogen and oxygen atoms in total. The van der Waals surface area contributed by atoms with Crippen molar-refractivity contribution in [3.63, 3.8) is 0 Å². The number of carboxylic acid groups (broad SMARTS) is 1.